The number of nitrogens with one attached hydrogen (secondary N) is 1. The third kappa shape index (κ3) is 5.24. The number of benzene rings is 1. The summed E-state index contributed by atoms with van der Waals surface area (Å²) in [6, 6.07) is 8.85. The van der Waals surface area contributed by atoms with Crippen LogP contribution in [0.15, 0.2) is 30.3 Å². The van der Waals surface area contributed by atoms with Crippen molar-refractivity contribution in [2.75, 3.05) is 45.1 Å². The van der Waals surface area contributed by atoms with Crippen molar-refractivity contribution in [3.05, 3.63) is 35.9 Å². The van der Waals surface area contributed by atoms with Crippen molar-refractivity contribution < 1.29 is 14.3 Å². The van der Waals surface area contributed by atoms with Crippen LogP contribution in [0.1, 0.15) is 30.1 Å². The molecule has 2 aliphatic heterocycles. The van der Waals surface area contributed by atoms with E-state index in [1.807, 2.05) is 30.3 Å². The number of morpholine rings is 1. The maximum atomic E-state index is 13.0. The highest BCUT2D eigenvalue weighted by atomic mass is 32.2. The smallest absolute Gasteiger partial charge is 0.255 e. The molecule has 3 rings (SSSR count). The number of hydrogen-bond donors (Lipinski definition) is 1. The standard InChI is InChI=1S/C20H29N3O3S/c1-2-18-23(20(25)16-7-4-3-5-8-16)17(15-27-18)19(24)21-9-6-10-22-11-13-26-14-12-22/h3-5,7-8,17-18H,2,6,9-15H2,1H3,(H,21,24). The van der Waals surface area contributed by atoms with Crippen molar-refractivity contribution in [3.63, 3.8) is 0 Å². The van der Waals surface area contributed by atoms with Crippen LogP contribution in [0.4, 0.5) is 0 Å². The van der Waals surface area contributed by atoms with Gasteiger partial charge in [0.15, 0.2) is 0 Å². The molecule has 1 N–H and O–H groups in total. The van der Waals surface area contributed by atoms with Crippen LogP contribution in [0.3, 0.4) is 0 Å². The maximum Gasteiger partial charge on any atom is 0.255 e. The third-order valence-corrected chi connectivity index (χ3v) is 6.51. The fourth-order valence-corrected chi connectivity index (χ4v) is 4.89. The number of amides is 2. The molecule has 0 aromatic heterocycles. The van der Waals surface area contributed by atoms with E-state index in [-0.39, 0.29) is 17.2 Å². The zero-order chi connectivity index (χ0) is 19.1. The molecule has 0 saturated carbocycles. The van der Waals surface area contributed by atoms with Crippen molar-refractivity contribution in [1.29, 1.82) is 0 Å². The fraction of sp³-hybridized carbons (Fsp3) is 0.600. The number of nitrogens with zero attached hydrogens (tertiary/aromatic N) is 2. The van der Waals surface area contributed by atoms with Gasteiger partial charge in [0.2, 0.25) is 5.91 Å². The Morgan fingerprint density at radius 2 is 1.96 bits per heavy atom. The number of ether oxygens (including phenoxy) is 1. The topological polar surface area (TPSA) is 61.9 Å². The van der Waals surface area contributed by atoms with E-state index in [1.54, 1.807) is 16.7 Å². The molecule has 2 unspecified atom stereocenters. The SMILES string of the molecule is CCC1SCC(C(=O)NCCCN2CCOCC2)N1C(=O)c1ccccc1. The second-order valence-corrected chi connectivity index (χ2v) is 8.10. The molecule has 2 fully saturated rings. The molecule has 2 saturated heterocycles. The summed E-state index contributed by atoms with van der Waals surface area (Å²) >= 11 is 1.69. The van der Waals surface area contributed by atoms with E-state index in [4.69, 9.17) is 4.74 Å². The van der Waals surface area contributed by atoms with Gasteiger partial charge in [0.05, 0.1) is 18.6 Å². The Morgan fingerprint density at radius 3 is 2.67 bits per heavy atom. The van der Waals surface area contributed by atoms with E-state index in [0.29, 0.717) is 17.9 Å². The van der Waals surface area contributed by atoms with Gasteiger partial charge in [0, 0.05) is 31.0 Å². The number of rotatable bonds is 7. The molecule has 6 nitrogen and oxygen atoms in total. The van der Waals surface area contributed by atoms with Gasteiger partial charge in [-0.05, 0) is 31.5 Å². The minimum absolute atomic E-state index is 0.0373. The lowest BCUT2D eigenvalue weighted by Gasteiger charge is -2.29. The number of carbonyl (C=O) groups excluding carboxylic acids is 2. The first kappa shape index (κ1) is 20.2. The Bertz CT molecular complexity index is 622. The summed E-state index contributed by atoms with van der Waals surface area (Å²) in [4.78, 5) is 29.9. The van der Waals surface area contributed by atoms with Gasteiger partial charge in [0.25, 0.3) is 5.91 Å². The second kappa shape index (κ2) is 10.1. The fourth-order valence-electron chi connectivity index (χ4n) is 3.54. The largest absolute Gasteiger partial charge is 0.379 e. The van der Waals surface area contributed by atoms with Gasteiger partial charge in [0.1, 0.15) is 6.04 Å². The van der Waals surface area contributed by atoms with Gasteiger partial charge in [-0.25, -0.2) is 0 Å². The number of carbonyl (C=O) groups is 2. The van der Waals surface area contributed by atoms with Crippen LogP contribution in [0, 0.1) is 0 Å². The third-order valence-electron chi connectivity index (χ3n) is 5.05. The molecule has 0 spiro atoms. The zero-order valence-corrected chi connectivity index (χ0v) is 16.7. The monoisotopic (exact) mass is 391 g/mol. The van der Waals surface area contributed by atoms with Crippen LogP contribution in [0.5, 0.6) is 0 Å². The van der Waals surface area contributed by atoms with Crippen LogP contribution in [0.2, 0.25) is 0 Å². The first-order valence-electron chi connectivity index (χ1n) is 9.78. The van der Waals surface area contributed by atoms with E-state index >= 15 is 0 Å². The van der Waals surface area contributed by atoms with E-state index in [1.165, 1.54) is 0 Å². The molecular formula is C20H29N3O3S. The summed E-state index contributed by atoms with van der Waals surface area (Å²) in [5.41, 5.74) is 0.642. The first-order valence-corrected chi connectivity index (χ1v) is 10.8. The van der Waals surface area contributed by atoms with Crippen molar-refractivity contribution >= 4 is 23.6 Å². The first-order chi connectivity index (χ1) is 13.2. The van der Waals surface area contributed by atoms with Gasteiger partial charge in [-0.15, -0.1) is 11.8 Å². The average Bonchev–Trinajstić information content (AvgIpc) is 3.16. The van der Waals surface area contributed by atoms with Crippen LogP contribution in [-0.4, -0.2) is 78.2 Å². The number of thioether (sulfide) groups is 1. The molecule has 2 heterocycles. The Balaban J connectivity index is 1.53. The summed E-state index contributed by atoms with van der Waals surface area (Å²) in [5.74, 6) is 0.567. The summed E-state index contributed by atoms with van der Waals surface area (Å²) in [5, 5.41) is 3.10. The predicted octanol–water partition coefficient (Wildman–Crippen LogP) is 1.82. The molecule has 1 aromatic rings. The van der Waals surface area contributed by atoms with Crippen molar-refractivity contribution in [3.8, 4) is 0 Å². The van der Waals surface area contributed by atoms with E-state index in [9.17, 15) is 9.59 Å². The second-order valence-electron chi connectivity index (χ2n) is 6.89. The molecule has 2 amide bonds. The molecule has 1 aromatic carbocycles. The van der Waals surface area contributed by atoms with Crippen molar-refractivity contribution in [2.45, 2.75) is 31.2 Å². The molecule has 2 aliphatic rings. The summed E-state index contributed by atoms with van der Waals surface area (Å²) in [6.07, 6.45) is 1.75. The molecular weight excluding hydrogens is 362 g/mol. The Hall–Kier alpha value is -1.57. The molecule has 0 aliphatic carbocycles. The van der Waals surface area contributed by atoms with Crippen molar-refractivity contribution in [1.82, 2.24) is 15.1 Å². The lowest BCUT2D eigenvalue weighted by Crippen LogP contribution is -2.50. The highest BCUT2D eigenvalue weighted by molar-refractivity contribution is 8.00. The minimum Gasteiger partial charge on any atom is -0.379 e. The quantitative estimate of drug-likeness (QED) is 0.719. The predicted molar refractivity (Wildman–Crippen MR) is 108 cm³/mol. The normalized spacial score (nSPS) is 23.4. The van der Waals surface area contributed by atoms with E-state index < -0.39 is 6.04 Å². The van der Waals surface area contributed by atoms with Gasteiger partial charge < -0.3 is 15.0 Å². The minimum atomic E-state index is -0.393. The van der Waals surface area contributed by atoms with Gasteiger partial charge >= 0.3 is 0 Å². The Kier molecular flexibility index (Phi) is 7.55. The zero-order valence-electron chi connectivity index (χ0n) is 15.9. The van der Waals surface area contributed by atoms with E-state index in [2.05, 4.69) is 17.1 Å². The van der Waals surface area contributed by atoms with E-state index in [0.717, 1.165) is 45.7 Å². The Labute approximate surface area is 165 Å². The highest BCUT2D eigenvalue weighted by Crippen LogP contribution is 2.32. The van der Waals surface area contributed by atoms with Crippen LogP contribution < -0.4 is 5.32 Å². The maximum absolute atomic E-state index is 13.0. The lowest BCUT2D eigenvalue weighted by molar-refractivity contribution is -0.124. The van der Waals surface area contributed by atoms with Crippen LogP contribution in [-0.2, 0) is 9.53 Å². The van der Waals surface area contributed by atoms with Gasteiger partial charge in [-0.1, -0.05) is 25.1 Å². The molecule has 0 radical (unpaired) electrons. The molecule has 27 heavy (non-hydrogen) atoms. The van der Waals surface area contributed by atoms with Gasteiger partial charge in [-0.2, -0.15) is 0 Å². The molecule has 7 heteroatoms. The highest BCUT2D eigenvalue weighted by Gasteiger charge is 2.40. The average molecular weight is 392 g/mol. The molecule has 148 valence electrons. The Morgan fingerprint density at radius 1 is 1.22 bits per heavy atom. The molecule has 2 atom stereocenters. The molecule has 0 bridgehead atoms. The summed E-state index contributed by atoms with van der Waals surface area (Å²) < 4.78 is 5.35. The summed E-state index contributed by atoms with van der Waals surface area (Å²) in [6.45, 7) is 7.18. The van der Waals surface area contributed by atoms with Crippen LogP contribution >= 0.6 is 11.8 Å². The lowest BCUT2D eigenvalue weighted by atomic mass is 10.1. The van der Waals surface area contributed by atoms with Gasteiger partial charge in [-0.3, -0.25) is 14.5 Å². The number of hydrogen-bond acceptors (Lipinski definition) is 5. The summed E-state index contributed by atoms with van der Waals surface area (Å²) in [7, 11) is 0. The van der Waals surface area contributed by atoms with Crippen LogP contribution in [0.25, 0.3) is 0 Å². The van der Waals surface area contributed by atoms with Crippen molar-refractivity contribution in [2.24, 2.45) is 0 Å².